The number of rotatable bonds is 0. The number of nitrogens with one attached hydrogen (secondary N) is 1. The molecule has 2 aromatic rings. The molecule has 4 heteroatoms. The van der Waals surface area contributed by atoms with E-state index in [4.69, 9.17) is 0 Å². The fraction of sp³-hybridized carbons (Fsp3) is 0.308. The van der Waals surface area contributed by atoms with E-state index in [2.05, 4.69) is 53.8 Å². The Balaban J connectivity index is 0.000000171. The fourth-order valence-corrected chi connectivity index (χ4v) is 4.30. The van der Waals surface area contributed by atoms with Crippen molar-refractivity contribution in [1.82, 2.24) is 0 Å². The van der Waals surface area contributed by atoms with Crippen molar-refractivity contribution in [1.29, 1.82) is 0 Å². The predicted octanol–water partition coefficient (Wildman–Crippen LogP) is 6.98. The van der Waals surface area contributed by atoms with Crippen LogP contribution < -0.4 is 5.32 Å². The topological polar surface area (TPSA) is 46.2 Å². The van der Waals surface area contributed by atoms with Crippen molar-refractivity contribution in [2.75, 3.05) is 5.32 Å². The molecule has 1 aliphatic carbocycles. The molecule has 2 aliphatic rings. The quantitative estimate of drug-likeness (QED) is 0.399. The van der Waals surface area contributed by atoms with Gasteiger partial charge in [-0.3, -0.25) is 9.59 Å². The van der Waals surface area contributed by atoms with E-state index < -0.39 is 0 Å². The summed E-state index contributed by atoms with van der Waals surface area (Å²) in [6.45, 7) is 11.7. The van der Waals surface area contributed by atoms with E-state index >= 15 is 0 Å². The van der Waals surface area contributed by atoms with Gasteiger partial charge in [-0.05, 0) is 47.2 Å². The molecule has 0 radical (unpaired) electrons. The Kier molecular flexibility index (Phi) is 6.09. The summed E-state index contributed by atoms with van der Waals surface area (Å²) in [4.78, 5) is 26.5. The highest BCUT2D eigenvalue weighted by molar-refractivity contribution is 7.99. The molecule has 30 heavy (non-hydrogen) atoms. The van der Waals surface area contributed by atoms with Gasteiger partial charge in [0.25, 0.3) is 0 Å². The standard InChI is InChI=1S/C14H20O2.C12H9NS/c1-13(2,3)9-7-12(16)10(8-11(9)15)14(4,5)6;1-3-7-11-9(5-1)13-10-6-2-4-8-12(10)14-11/h7-8H,1-6H3;1-8,13H. The van der Waals surface area contributed by atoms with Crippen LogP contribution >= 0.6 is 11.8 Å². The second-order valence-electron chi connectivity index (χ2n) is 9.56. The number of ketones is 2. The maximum absolute atomic E-state index is 11.9. The van der Waals surface area contributed by atoms with Gasteiger partial charge in [0, 0.05) is 20.9 Å². The highest BCUT2D eigenvalue weighted by atomic mass is 32.2. The maximum Gasteiger partial charge on any atom is 0.182 e. The Bertz CT molecular complexity index is 922. The van der Waals surface area contributed by atoms with Gasteiger partial charge in [-0.1, -0.05) is 77.6 Å². The number of carbonyl (C=O) groups is 2. The lowest BCUT2D eigenvalue weighted by Gasteiger charge is -2.28. The SMILES string of the molecule is CC(C)(C)C1=CC(=O)C(C(C)(C)C)=CC1=O.c1ccc2c(c1)Nc1ccccc1S2. The van der Waals surface area contributed by atoms with Crippen molar-refractivity contribution in [3.8, 4) is 0 Å². The molecule has 0 amide bonds. The second kappa shape index (κ2) is 8.27. The molecular weight excluding hydrogens is 390 g/mol. The molecule has 0 spiro atoms. The van der Waals surface area contributed by atoms with Crippen LogP contribution in [0, 0.1) is 10.8 Å². The molecule has 0 saturated carbocycles. The normalized spacial score (nSPS) is 15.7. The largest absolute Gasteiger partial charge is 0.354 e. The molecule has 3 nitrogen and oxygen atoms in total. The molecule has 0 bridgehead atoms. The van der Waals surface area contributed by atoms with Gasteiger partial charge in [0.15, 0.2) is 11.6 Å². The van der Waals surface area contributed by atoms with Crippen LogP contribution in [0.5, 0.6) is 0 Å². The first-order chi connectivity index (χ1) is 14.0. The molecule has 0 saturated heterocycles. The molecule has 1 N–H and O–H groups in total. The first-order valence-corrected chi connectivity index (χ1v) is 10.9. The number of anilines is 2. The minimum absolute atomic E-state index is 0.0305. The predicted molar refractivity (Wildman–Crippen MR) is 125 cm³/mol. The summed E-state index contributed by atoms with van der Waals surface area (Å²) in [5, 5.41) is 3.42. The minimum Gasteiger partial charge on any atom is -0.354 e. The summed E-state index contributed by atoms with van der Waals surface area (Å²) in [5.41, 5.74) is 3.07. The van der Waals surface area contributed by atoms with Crippen molar-refractivity contribution in [3.05, 3.63) is 71.8 Å². The molecule has 0 atom stereocenters. The van der Waals surface area contributed by atoms with Gasteiger partial charge >= 0.3 is 0 Å². The third kappa shape index (κ3) is 4.93. The Morgan fingerprint density at radius 3 is 1.37 bits per heavy atom. The minimum atomic E-state index is -0.271. The average Bonchev–Trinajstić information content (AvgIpc) is 2.66. The monoisotopic (exact) mass is 419 g/mol. The lowest BCUT2D eigenvalue weighted by molar-refractivity contribution is -0.116. The Hall–Kier alpha value is -2.59. The highest BCUT2D eigenvalue weighted by Gasteiger charge is 2.32. The molecule has 1 heterocycles. The molecule has 2 aromatic carbocycles. The van der Waals surface area contributed by atoms with Crippen LogP contribution in [0.3, 0.4) is 0 Å². The van der Waals surface area contributed by atoms with Gasteiger partial charge in [-0.15, -0.1) is 0 Å². The Morgan fingerprint density at radius 1 is 0.633 bits per heavy atom. The van der Waals surface area contributed by atoms with E-state index in [1.807, 2.05) is 53.3 Å². The third-order valence-electron chi connectivity index (χ3n) is 4.96. The zero-order valence-corrected chi connectivity index (χ0v) is 19.3. The van der Waals surface area contributed by atoms with Crippen LogP contribution in [0.25, 0.3) is 0 Å². The molecule has 1 aliphatic heterocycles. The Morgan fingerprint density at radius 2 is 1.00 bits per heavy atom. The molecule has 4 rings (SSSR count). The maximum atomic E-state index is 11.9. The van der Waals surface area contributed by atoms with Gasteiger partial charge in [-0.2, -0.15) is 0 Å². The summed E-state index contributed by atoms with van der Waals surface area (Å²) in [7, 11) is 0. The summed E-state index contributed by atoms with van der Waals surface area (Å²) < 4.78 is 0. The number of hydrogen-bond donors (Lipinski definition) is 1. The van der Waals surface area contributed by atoms with Crippen molar-refractivity contribution in [3.63, 3.8) is 0 Å². The van der Waals surface area contributed by atoms with Crippen molar-refractivity contribution >= 4 is 34.7 Å². The van der Waals surface area contributed by atoms with Gasteiger partial charge in [0.1, 0.15) is 0 Å². The summed E-state index contributed by atoms with van der Waals surface area (Å²) in [6.07, 6.45) is 3.01. The summed E-state index contributed by atoms with van der Waals surface area (Å²) >= 11 is 1.82. The van der Waals surface area contributed by atoms with Gasteiger partial charge in [0.2, 0.25) is 0 Å². The van der Waals surface area contributed by atoms with Gasteiger partial charge < -0.3 is 5.32 Å². The lowest BCUT2D eigenvalue weighted by Crippen LogP contribution is -2.27. The van der Waals surface area contributed by atoms with E-state index in [1.165, 1.54) is 33.3 Å². The number of para-hydroxylation sites is 2. The van der Waals surface area contributed by atoms with Crippen LogP contribution in [-0.2, 0) is 9.59 Å². The molecule has 0 unspecified atom stereocenters. The zero-order chi connectivity index (χ0) is 22.1. The highest BCUT2D eigenvalue weighted by Crippen LogP contribution is 2.43. The average molecular weight is 420 g/mol. The van der Waals surface area contributed by atoms with Gasteiger partial charge in [0.05, 0.1) is 11.4 Å². The van der Waals surface area contributed by atoms with E-state index in [0.29, 0.717) is 11.1 Å². The van der Waals surface area contributed by atoms with E-state index in [1.54, 1.807) is 0 Å². The zero-order valence-electron chi connectivity index (χ0n) is 18.5. The number of hydrogen-bond acceptors (Lipinski definition) is 4. The smallest absolute Gasteiger partial charge is 0.182 e. The van der Waals surface area contributed by atoms with Crippen molar-refractivity contribution in [2.45, 2.75) is 51.3 Å². The van der Waals surface area contributed by atoms with Crippen molar-refractivity contribution in [2.24, 2.45) is 10.8 Å². The van der Waals surface area contributed by atoms with Crippen molar-refractivity contribution < 1.29 is 9.59 Å². The molecule has 0 fully saturated rings. The first-order valence-electron chi connectivity index (χ1n) is 10.1. The first kappa shape index (κ1) is 22.1. The second-order valence-corrected chi connectivity index (χ2v) is 10.6. The number of fused-ring (bicyclic) bond motifs is 2. The van der Waals surface area contributed by atoms with Crippen LogP contribution in [0.4, 0.5) is 11.4 Å². The van der Waals surface area contributed by atoms with E-state index in [-0.39, 0.29) is 22.4 Å². The third-order valence-corrected chi connectivity index (χ3v) is 6.11. The van der Waals surface area contributed by atoms with Crippen LogP contribution in [0.15, 0.2) is 81.6 Å². The Labute approximate surface area is 183 Å². The summed E-state index contributed by atoms with van der Waals surface area (Å²) in [6, 6.07) is 16.8. The number of allylic oxidation sites excluding steroid dienone is 4. The van der Waals surface area contributed by atoms with Crippen LogP contribution in [-0.4, -0.2) is 11.6 Å². The lowest BCUT2D eigenvalue weighted by atomic mass is 9.75. The van der Waals surface area contributed by atoms with Crippen LogP contribution in [0.1, 0.15) is 41.5 Å². The molecular formula is C26H29NO2S. The fourth-order valence-electron chi connectivity index (χ4n) is 3.31. The van der Waals surface area contributed by atoms with E-state index in [9.17, 15) is 9.59 Å². The number of carbonyl (C=O) groups excluding carboxylic acids is 2. The van der Waals surface area contributed by atoms with E-state index in [0.717, 1.165) is 0 Å². The summed E-state index contributed by atoms with van der Waals surface area (Å²) in [5.74, 6) is -0.0611. The van der Waals surface area contributed by atoms with Crippen LogP contribution in [0.2, 0.25) is 0 Å². The molecule has 156 valence electrons. The van der Waals surface area contributed by atoms with Gasteiger partial charge in [-0.25, -0.2) is 0 Å². The number of benzene rings is 2. The molecule has 0 aromatic heterocycles.